The summed E-state index contributed by atoms with van der Waals surface area (Å²) in [6.07, 6.45) is 10.0. The van der Waals surface area contributed by atoms with Gasteiger partial charge in [0.15, 0.2) is 9.84 Å². The van der Waals surface area contributed by atoms with Crippen molar-refractivity contribution in [3.05, 3.63) is 57.8 Å². The molecule has 164 valence electrons. The predicted molar refractivity (Wildman–Crippen MR) is 120 cm³/mol. The van der Waals surface area contributed by atoms with Gasteiger partial charge in [0.2, 0.25) is 0 Å². The lowest BCUT2D eigenvalue weighted by Gasteiger charge is -2.56. The van der Waals surface area contributed by atoms with E-state index < -0.39 is 9.84 Å². The second-order valence-electron chi connectivity index (χ2n) is 9.54. The Morgan fingerprint density at radius 3 is 2.19 bits per heavy atom. The topological polar surface area (TPSA) is 76.1 Å². The van der Waals surface area contributed by atoms with Gasteiger partial charge in [0.25, 0.3) is 5.91 Å². The van der Waals surface area contributed by atoms with Crippen LogP contribution in [-0.2, 0) is 15.6 Å². The highest BCUT2D eigenvalue weighted by Gasteiger charge is 2.51. The number of carbonyl (C=O) groups excluding carboxylic acids is 1. The van der Waals surface area contributed by atoms with Gasteiger partial charge in [0, 0.05) is 17.9 Å². The molecule has 0 aliphatic heterocycles. The molecule has 4 bridgehead atoms. The number of nitrogens with zero attached hydrogens (tertiary/aromatic N) is 1. The molecule has 1 aromatic heterocycles. The van der Waals surface area contributed by atoms with Crippen LogP contribution < -0.4 is 5.32 Å². The summed E-state index contributed by atoms with van der Waals surface area (Å²) in [5.41, 5.74) is 0.696. The van der Waals surface area contributed by atoms with E-state index in [0.717, 1.165) is 37.0 Å². The van der Waals surface area contributed by atoms with Gasteiger partial charge in [-0.25, -0.2) is 8.42 Å². The molecule has 4 fully saturated rings. The summed E-state index contributed by atoms with van der Waals surface area (Å²) in [4.78, 5) is 17.1. The standard InChI is InChI=1S/C23H24Cl2N2O3S/c24-19-2-1-3-20(25)21(19)31(29,30)13-17-7-18(12-26-11-17)22(28)27-23-8-14-4-15(9-23)6-16(5-14)10-23/h1-3,7,11-12,14-16H,4-6,8-10,13H2,(H,27,28). The third-order valence-electron chi connectivity index (χ3n) is 7.06. The molecule has 1 aromatic carbocycles. The van der Waals surface area contributed by atoms with Crippen molar-refractivity contribution in [2.24, 2.45) is 17.8 Å². The van der Waals surface area contributed by atoms with Crippen molar-refractivity contribution in [3.8, 4) is 0 Å². The van der Waals surface area contributed by atoms with Crippen LogP contribution in [0.4, 0.5) is 0 Å². The van der Waals surface area contributed by atoms with Crippen molar-refractivity contribution < 1.29 is 13.2 Å². The zero-order chi connectivity index (χ0) is 21.8. The SMILES string of the molecule is O=C(NC12CC3CC(CC(C3)C1)C2)c1cncc(CS(=O)(=O)c2c(Cl)cccc2Cl)c1. The van der Waals surface area contributed by atoms with Crippen molar-refractivity contribution in [3.63, 3.8) is 0 Å². The van der Waals surface area contributed by atoms with E-state index >= 15 is 0 Å². The summed E-state index contributed by atoms with van der Waals surface area (Å²) in [7, 11) is -3.80. The van der Waals surface area contributed by atoms with E-state index in [9.17, 15) is 13.2 Å². The molecule has 6 rings (SSSR count). The molecule has 1 amide bonds. The smallest absolute Gasteiger partial charge is 0.253 e. The Kier molecular flexibility index (Phi) is 5.31. The number of carbonyl (C=O) groups is 1. The van der Waals surface area contributed by atoms with Crippen LogP contribution in [0.25, 0.3) is 0 Å². The number of aromatic nitrogens is 1. The molecule has 0 unspecified atom stereocenters. The molecular formula is C23H24Cl2N2O3S. The van der Waals surface area contributed by atoms with Crippen LogP contribution in [0.15, 0.2) is 41.6 Å². The van der Waals surface area contributed by atoms with Gasteiger partial charge in [-0.2, -0.15) is 0 Å². The zero-order valence-electron chi connectivity index (χ0n) is 17.0. The first-order chi connectivity index (χ1) is 14.7. The minimum absolute atomic E-state index is 0.0798. The summed E-state index contributed by atoms with van der Waals surface area (Å²) < 4.78 is 25.9. The number of hydrogen-bond acceptors (Lipinski definition) is 4. The molecule has 0 saturated heterocycles. The van der Waals surface area contributed by atoms with Crippen LogP contribution in [0.3, 0.4) is 0 Å². The summed E-state index contributed by atoms with van der Waals surface area (Å²) in [5.74, 6) is 1.66. The Bertz CT molecular complexity index is 1090. The van der Waals surface area contributed by atoms with E-state index in [2.05, 4.69) is 10.3 Å². The molecule has 4 saturated carbocycles. The molecule has 0 spiro atoms. The van der Waals surface area contributed by atoms with Crippen LogP contribution in [0.1, 0.15) is 54.4 Å². The number of halogens is 2. The summed E-state index contributed by atoms with van der Waals surface area (Å²) in [6, 6.07) is 6.19. The van der Waals surface area contributed by atoms with E-state index in [-0.39, 0.29) is 32.1 Å². The highest BCUT2D eigenvalue weighted by molar-refractivity contribution is 7.90. The van der Waals surface area contributed by atoms with Gasteiger partial charge in [-0.1, -0.05) is 29.3 Å². The first-order valence-electron chi connectivity index (χ1n) is 10.7. The van der Waals surface area contributed by atoms with E-state index in [0.29, 0.717) is 11.1 Å². The minimum Gasteiger partial charge on any atom is -0.347 e. The summed E-state index contributed by atoms with van der Waals surface area (Å²) >= 11 is 12.2. The molecule has 4 aliphatic carbocycles. The predicted octanol–water partition coefficient (Wildman–Crippen LogP) is 5.06. The molecule has 1 N–H and O–H groups in total. The lowest BCUT2D eigenvalue weighted by molar-refractivity contribution is -0.0167. The lowest BCUT2D eigenvalue weighted by atomic mass is 9.53. The second kappa shape index (κ2) is 7.75. The lowest BCUT2D eigenvalue weighted by Crippen LogP contribution is -2.59. The normalized spacial score (nSPS) is 29.2. The van der Waals surface area contributed by atoms with E-state index in [1.165, 1.54) is 43.8 Å². The number of pyridine rings is 1. The van der Waals surface area contributed by atoms with Gasteiger partial charge in [-0.3, -0.25) is 9.78 Å². The fourth-order valence-corrected chi connectivity index (χ4v) is 8.91. The Morgan fingerprint density at radius 2 is 1.61 bits per heavy atom. The van der Waals surface area contributed by atoms with Crippen LogP contribution in [0, 0.1) is 17.8 Å². The van der Waals surface area contributed by atoms with Crippen molar-refractivity contribution in [1.29, 1.82) is 0 Å². The van der Waals surface area contributed by atoms with E-state index in [1.807, 2.05) is 0 Å². The zero-order valence-corrected chi connectivity index (χ0v) is 19.3. The molecule has 8 heteroatoms. The van der Waals surface area contributed by atoms with Crippen molar-refractivity contribution in [1.82, 2.24) is 10.3 Å². The Labute approximate surface area is 192 Å². The molecule has 5 nitrogen and oxygen atoms in total. The number of hydrogen-bond donors (Lipinski definition) is 1. The van der Waals surface area contributed by atoms with Crippen LogP contribution in [-0.4, -0.2) is 24.8 Å². The number of benzene rings is 1. The highest BCUT2D eigenvalue weighted by atomic mass is 35.5. The number of nitrogens with one attached hydrogen (secondary N) is 1. The first kappa shape index (κ1) is 21.2. The maximum absolute atomic E-state index is 13.1. The van der Waals surface area contributed by atoms with E-state index in [1.54, 1.807) is 12.1 Å². The van der Waals surface area contributed by atoms with Gasteiger partial charge >= 0.3 is 0 Å². The molecule has 0 atom stereocenters. The largest absolute Gasteiger partial charge is 0.347 e. The van der Waals surface area contributed by atoms with Gasteiger partial charge in [-0.15, -0.1) is 0 Å². The van der Waals surface area contributed by atoms with Crippen LogP contribution in [0.5, 0.6) is 0 Å². The van der Waals surface area contributed by atoms with Gasteiger partial charge < -0.3 is 5.32 Å². The average molecular weight is 479 g/mol. The molecule has 31 heavy (non-hydrogen) atoms. The molecule has 0 radical (unpaired) electrons. The Balaban J connectivity index is 1.35. The maximum Gasteiger partial charge on any atom is 0.253 e. The molecule has 2 aromatic rings. The quantitative estimate of drug-likeness (QED) is 0.651. The van der Waals surface area contributed by atoms with E-state index in [4.69, 9.17) is 23.2 Å². The summed E-state index contributed by atoms with van der Waals surface area (Å²) in [5, 5.41) is 3.47. The average Bonchev–Trinajstić information content (AvgIpc) is 2.66. The van der Waals surface area contributed by atoms with Gasteiger partial charge in [0.1, 0.15) is 4.90 Å². The van der Waals surface area contributed by atoms with Crippen molar-refractivity contribution in [2.45, 2.75) is 54.7 Å². The fourth-order valence-electron chi connectivity index (χ4n) is 6.34. The molecular weight excluding hydrogens is 455 g/mol. The summed E-state index contributed by atoms with van der Waals surface area (Å²) in [6.45, 7) is 0. The number of sulfone groups is 1. The second-order valence-corrected chi connectivity index (χ2v) is 12.3. The maximum atomic E-state index is 13.1. The minimum atomic E-state index is -3.80. The third-order valence-corrected chi connectivity index (χ3v) is 9.69. The Morgan fingerprint density at radius 1 is 1.03 bits per heavy atom. The Hall–Kier alpha value is -1.63. The van der Waals surface area contributed by atoms with Crippen LogP contribution >= 0.6 is 23.2 Å². The highest BCUT2D eigenvalue weighted by Crippen LogP contribution is 2.55. The van der Waals surface area contributed by atoms with Crippen LogP contribution in [0.2, 0.25) is 10.0 Å². The van der Waals surface area contributed by atoms with Crippen molar-refractivity contribution >= 4 is 38.9 Å². The number of amides is 1. The fraction of sp³-hybridized carbons (Fsp3) is 0.478. The number of rotatable bonds is 5. The third kappa shape index (κ3) is 4.10. The van der Waals surface area contributed by atoms with Crippen molar-refractivity contribution in [2.75, 3.05) is 0 Å². The van der Waals surface area contributed by atoms with Gasteiger partial charge in [-0.05, 0) is 80.0 Å². The molecule has 1 heterocycles. The monoisotopic (exact) mass is 478 g/mol. The first-order valence-corrected chi connectivity index (χ1v) is 13.1. The molecule has 4 aliphatic rings. The van der Waals surface area contributed by atoms with Gasteiger partial charge in [0.05, 0.1) is 21.4 Å².